The first kappa shape index (κ1) is 14.4. The number of hydrogen-bond donors (Lipinski definition) is 1. The molecule has 2 aromatic rings. The largest absolute Gasteiger partial charge is 0.497 e. The van der Waals surface area contributed by atoms with Gasteiger partial charge in [0.15, 0.2) is 0 Å². The summed E-state index contributed by atoms with van der Waals surface area (Å²) >= 11 is 0. The van der Waals surface area contributed by atoms with E-state index in [1.54, 1.807) is 7.11 Å². The van der Waals surface area contributed by atoms with Crippen LogP contribution in [-0.4, -0.2) is 31.5 Å². The summed E-state index contributed by atoms with van der Waals surface area (Å²) < 4.78 is 10.8. The molecule has 1 N–H and O–H groups in total. The highest BCUT2D eigenvalue weighted by Gasteiger charge is 2.23. The Bertz CT molecular complexity index is 602. The van der Waals surface area contributed by atoms with Crippen LogP contribution in [0.2, 0.25) is 0 Å². The Morgan fingerprint density at radius 1 is 1.33 bits per heavy atom. The van der Waals surface area contributed by atoms with Crippen LogP contribution in [-0.2, 0) is 11.2 Å². The van der Waals surface area contributed by atoms with Crippen LogP contribution < -0.4 is 4.74 Å². The van der Waals surface area contributed by atoms with Crippen LogP contribution in [0, 0.1) is 5.92 Å². The molecule has 1 aliphatic heterocycles. The van der Waals surface area contributed by atoms with E-state index in [9.17, 15) is 5.11 Å². The van der Waals surface area contributed by atoms with Crippen molar-refractivity contribution in [2.24, 2.45) is 5.92 Å². The topological polar surface area (TPSA) is 38.7 Å². The molecule has 0 bridgehead atoms. The van der Waals surface area contributed by atoms with E-state index in [0.29, 0.717) is 13.0 Å². The average Bonchev–Trinajstić information content (AvgIpc) is 2.55. The summed E-state index contributed by atoms with van der Waals surface area (Å²) in [6.45, 7) is 1.50. The molecule has 2 aromatic carbocycles. The van der Waals surface area contributed by atoms with E-state index in [1.807, 2.05) is 12.1 Å². The van der Waals surface area contributed by atoms with E-state index in [2.05, 4.69) is 24.3 Å². The molecule has 0 radical (unpaired) electrons. The second-order valence-corrected chi connectivity index (χ2v) is 5.75. The van der Waals surface area contributed by atoms with E-state index in [1.165, 1.54) is 10.9 Å². The smallest absolute Gasteiger partial charge is 0.119 e. The highest BCUT2D eigenvalue weighted by atomic mass is 16.5. The van der Waals surface area contributed by atoms with Gasteiger partial charge < -0.3 is 14.6 Å². The van der Waals surface area contributed by atoms with Gasteiger partial charge in [-0.1, -0.05) is 24.3 Å². The van der Waals surface area contributed by atoms with Gasteiger partial charge in [-0.3, -0.25) is 0 Å². The van der Waals surface area contributed by atoms with Crippen molar-refractivity contribution in [3.05, 3.63) is 42.0 Å². The molecule has 1 saturated heterocycles. The molecule has 0 aliphatic carbocycles. The highest BCUT2D eigenvalue weighted by Crippen LogP contribution is 2.27. The second-order valence-electron chi connectivity index (χ2n) is 5.75. The lowest BCUT2D eigenvalue weighted by Crippen LogP contribution is -2.30. The lowest BCUT2D eigenvalue weighted by Gasteiger charge is -2.27. The number of aliphatic hydroxyl groups is 1. The predicted molar refractivity (Wildman–Crippen MR) is 83.8 cm³/mol. The first-order chi connectivity index (χ1) is 10.3. The Morgan fingerprint density at radius 2 is 2.24 bits per heavy atom. The Labute approximate surface area is 125 Å². The van der Waals surface area contributed by atoms with Crippen molar-refractivity contribution in [2.75, 3.05) is 20.3 Å². The molecule has 0 saturated carbocycles. The van der Waals surface area contributed by atoms with Crippen molar-refractivity contribution in [2.45, 2.75) is 25.4 Å². The van der Waals surface area contributed by atoms with E-state index >= 15 is 0 Å². The summed E-state index contributed by atoms with van der Waals surface area (Å²) in [6.07, 6.45) is 2.42. The van der Waals surface area contributed by atoms with Crippen molar-refractivity contribution in [1.82, 2.24) is 0 Å². The molecule has 2 atom stereocenters. The molecule has 2 unspecified atom stereocenters. The maximum atomic E-state index is 10.5. The minimum absolute atomic E-state index is 0.250. The van der Waals surface area contributed by atoms with Gasteiger partial charge >= 0.3 is 0 Å². The minimum Gasteiger partial charge on any atom is -0.497 e. The van der Waals surface area contributed by atoms with E-state index in [4.69, 9.17) is 9.47 Å². The molecule has 21 heavy (non-hydrogen) atoms. The number of methoxy groups -OCH3 is 1. The molecule has 112 valence electrons. The third-order valence-corrected chi connectivity index (χ3v) is 4.35. The van der Waals surface area contributed by atoms with E-state index in [-0.39, 0.29) is 12.0 Å². The van der Waals surface area contributed by atoms with Crippen LogP contribution in [0.15, 0.2) is 36.4 Å². The van der Waals surface area contributed by atoms with Crippen molar-refractivity contribution >= 4 is 10.8 Å². The minimum atomic E-state index is -0.345. The van der Waals surface area contributed by atoms with E-state index in [0.717, 1.165) is 30.6 Å². The summed E-state index contributed by atoms with van der Waals surface area (Å²) in [5.74, 6) is 1.10. The Kier molecular flexibility index (Phi) is 4.42. The van der Waals surface area contributed by atoms with E-state index < -0.39 is 0 Å². The zero-order valence-electron chi connectivity index (χ0n) is 12.4. The Hall–Kier alpha value is -1.58. The van der Waals surface area contributed by atoms with Crippen LogP contribution in [0.25, 0.3) is 10.8 Å². The fraction of sp³-hybridized carbons (Fsp3) is 0.444. The molecule has 1 aliphatic rings. The van der Waals surface area contributed by atoms with Crippen molar-refractivity contribution in [1.29, 1.82) is 0 Å². The van der Waals surface area contributed by atoms with Gasteiger partial charge in [-0.25, -0.2) is 0 Å². The lowest BCUT2D eigenvalue weighted by atomic mass is 9.90. The number of rotatable bonds is 4. The van der Waals surface area contributed by atoms with Gasteiger partial charge in [0.25, 0.3) is 0 Å². The second kappa shape index (κ2) is 6.46. The van der Waals surface area contributed by atoms with Gasteiger partial charge in [0.05, 0.1) is 19.8 Å². The highest BCUT2D eigenvalue weighted by molar-refractivity contribution is 5.87. The SMILES string of the molecule is COc1ccc2cccc(CC(O)C3CCCOC3)c2c1. The third-order valence-electron chi connectivity index (χ3n) is 4.35. The summed E-state index contributed by atoms with van der Waals surface area (Å²) in [5, 5.41) is 12.8. The Balaban J connectivity index is 1.85. The fourth-order valence-corrected chi connectivity index (χ4v) is 3.08. The summed E-state index contributed by atoms with van der Waals surface area (Å²) in [6, 6.07) is 12.3. The lowest BCUT2D eigenvalue weighted by molar-refractivity contribution is -0.00836. The van der Waals surface area contributed by atoms with Crippen LogP contribution in [0.4, 0.5) is 0 Å². The molecule has 3 heteroatoms. The van der Waals surface area contributed by atoms with Gasteiger partial charge in [-0.2, -0.15) is 0 Å². The van der Waals surface area contributed by atoms with Crippen molar-refractivity contribution in [3.8, 4) is 5.75 Å². The van der Waals surface area contributed by atoms with Gasteiger partial charge in [0.2, 0.25) is 0 Å². The number of fused-ring (bicyclic) bond motifs is 1. The molecule has 3 rings (SSSR count). The maximum absolute atomic E-state index is 10.5. The van der Waals surface area contributed by atoms with Crippen LogP contribution in [0.5, 0.6) is 5.75 Å². The first-order valence-corrected chi connectivity index (χ1v) is 7.59. The predicted octanol–water partition coefficient (Wildman–Crippen LogP) is 3.18. The van der Waals surface area contributed by atoms with Gasteiger partial charge in [0, 0.05) is 12.5 Å². The number of hydrogen-bond acceptors (Lipinski definition) is 3. The summed E-state index contributed by atoms with van der Waals surface area (Å²) in [5.41, 5.74) is 1.17. The van der Waals surface area contributed by atoms with Crippen LogP contribution in [0.1, 0.15) is 18.4 Å². The fourth-order valence-electron chi connectivity index (χ4n) is 3.08. The summed E-state index contributed by atoms with van der Waals surface area (Å²) in [4.78, 5) is 0. The van der Waals surface area contributed by atoms with Crippen LogP contribution >= 0.6 is 0 Å². The monoisotopic (exact) mass is 286 g/mol. The zero-order valence-corrected chi connectivity index (χ0v) is 12.4. The number of ether oxygens (including phenoxy) is 2. The first-order valence-electron chi connectivity index (χ1n) is 7.59. The maximum Gasteiger partial charge on any atom is 0.119 e. The Morgan fingerprint density at radius 3 is 3.00 bits per heavy atom. The van der Waals surface area contributed by atoms with Crippen molar-refractivity contribution in [3.63, 3.8) is 0 Å². The van der Waals surface area contributed by atoms with Crippen molar-refractivity contribution < 1.29 is 14.6 Å². The van der Waals surface area contributed by atoms with Gasteiger partial charge in [-0.15, -0.1) is 0 Å². The molecule has 0 spiro atoms. The third kappa shape index (κ3) is 3.20. The van der Waals surface area contributed by atoms with Crippen LogP contribution in [0.3, 0.4) is 0 Å². The molecule has 0 aromatic heterocycles. The molecular weight excluding hydrogens is 264 g/mol. The molecule has 1 heterocycles. The number of benzene rings is 2. The molecular formula is C18H22O3. The normalized spacial score (nSPS) is 20.4. The summed E-state index contributed by atoms with van der Waals surface area (Å²) in [7, 11) is 1.68. The van der Waals surface area contributed by atoms with Gasteiger partial charge in [0.1, 0.15) is 5.75 Å². The molecule has 0 amide bonds. The number of aliphatic hydroxyl groups excluding tert-OH is 1. The molecule has 1 fully saturated rings. The average molecular weight is 286 g/mol. The quantitative estimate of drug-likeness (QED) is 0.938. The molecule has 3 nitrogen and oxygen atoms in total. The standard InChI is InChI=1S/C18H22O3/c1-20-16-8-7-13-4-2-5-14(17(13)11-16)10-18(19)15-6-3-9-21-12-15/h2,4-5,7-8,11,15,18-19H,3,6,9-10,12H2,1H3. The van der Waals surface area contributed by atoms with Gasteiger partial charge in [-0.05, 0) is 47.7 Å². The zero-order chi connectivity index (χ0) is 14.7.